The van der Waals surface area contributed by atoms with Gasteiger partial charge in [0.1, 0.15) is 6.04 Å². The quantitative estimate of drug-likeness (QED) is 0.525. The van der Waals surface area contributed by atoms with Gasteiger partial charge in [-0.25, -0.2) is 14.6 Å². The van der Waals surface area contributed by atoms with Crippen LogP contribution in [0.1, 0.15) is 18.2 Å². The average molecular weight is 507 g/mol. The average Bonchev–Trinajstić information content (AvgIpc) is 2.91. The first kappa shape index (κ1) is 20.7. The van der Waals surface area contributed by atoms with E-state index < -0.39 is 18.0 Å². The van der Waals surface area contributed by atoms with Crippen LogP contribution < -0.4 is 15.4 Å². The van der Waals surface area contributed by atoms with E-state index in [1.165, 1.54) is 18.4 Å². The largest absolute Gasteiger partial charge is 0.481 e. The van der Waals surface area contributed by atoms with E-state index in [-0.39, 0.29) is 6.42 Å². The van der Waals surface area contributed by atoms with Crippen molar-refractivity contribution in [1.29, 1.82) is 0 Å². The highest BCUT2D eigenvalue weighted by molar-refractivity contribution is 9.12. The molecule has 0 aliphatic heterocycles. The fourth-order valence-corrected chi connectivity index (χ4v) is 5.09. The van der Waals surface area contributed by atoms with Gasteiger partial charge in [0, 0.05) is 12.5 Å². The minimum atomic E-state index is -1.11. The Labute approximate surface area is 171 Å². The fraction of sp³-hybridized carbons (Fsp3) is 0.312. The van der Waals surface area contributed by atoms with Gasteiger partial charge in [0.2, 0.25) is 5.88 Å². The van der Waals surface area contributed by atoms with Gasteiger partial charge in [-0.2, -0.15) is 0 Å². The number of anilines is 1. The fourth-order valence-electron chi connectivity index (χ4n) is 2.23. The Kier molecular flexibility index (Phi) is 7.42. The van der Waals surface area contributed by atoms with Crippen LogP contribution in [0.4, 0.5) is 10.5 Å². The minimum absolute atomic E-state index is 0.160. The lowest BCUT2D eigenvalue weighted by molar-refractivity contribution is -0.139. The highest BCUT2D eigenvalue weighted by Crippen LogP contribution is 2.32. The number of carboxylic acids is 1. The zero-order chi connectivity index (χ0) is 19.3. The second-order valence-electron chi connectivity index (χ2n) is 5.24. The van der Waals surface area contributed by atoms with Gasteiger partial charge >= 0.3 is 12.0 Å². The van der Waals surface area contributed by atoms with Crippen molar-refractivity contribution >= 4 is 60.9 Å². The molecule has 2 aromatic rings. The number of carbonyl (C=O) groups excluding carboxylic acids is 1. The number of thiophene rings is 1. The summed E-state index contributed by atoms with van der Waals surface area (Å²) in [5, 5.41) is 14.6. The summed E-state index contributed by atoms with van der Waals surface area (Å²) in [6, 6.07) is 3.46. The van der Waals surface area contributed by atoms with E-state index >= 15 is 0 Å². The number of methoxy groups -OCH3 is 1. The molecule has 3 N–H and O–H groups in total. The molecule has 1 unspecified atom stereocenters. The summed E-state index contributed by atoms with van der Waals surface area (Å²) >= 11 is 8.20. The maximum absolute atomic E-state index is 12.3. The van der Waals surface area contributed by atoms with E-state index in [2.05, 4.69) is 47.5 Å². The topological polar surface area (TPSA) is 101 Å². The first-order chi connectivity index (χ1) is 12.3. The van der Waals surface area contributed by atoms with E-state index in [4.69, 9.17) is 4.74 Å². The molecule has 140 valence electrons. The van der Waals surface area contributed by atoms with Gasteiger partial charge in [0.15, 0.2) is 0 Å². The van der Waals surface area contributed by atoms with E-state index in [1.54, 1.807) is 12.1 Å². The molecule has 7 nitrogen and oxygen atoms in total. The number of aryl methyl sites for hydroxylation is 1. The number of amides is 2. The molecule has 0 spiro atoms. The highest BCUT2D eigenvalue weighted by Gasteiger charge is 2.23. The van der Waals surface area contributed by atoms with Crippen molar-refractivity contribution in [3.05, 3.63) is 37.0 Å². The Morgan fingerprint density at radius 3 is 2.65 bits per heavy atom. The van der Waals surface area contributed by atoms with E-state index in [9.17, 15) is 14.7 Å². The number of rotatable bonds is 7. The number of aliphatic carboxylic acids is 1. The molecule has 2 aromatic heterocycles. The van der Waals surface area contributed by atoms with Crippen molar-refractivity contribution in [2.45, 2.75) is 25.8 Å². The lowest BCUT2D eigenvalue weighted by Crippen LogP contribution is -2.44. The molecule has 0 saturated carbocycles. The maximum atomic E-state index is 12.3. The third-order valence-electron chi connectivity index (χ3n) is 3.50. The number of halogens is 2. The molecule has 0 radical (unpaired) electrons. The number of pyridine rings is 1. The van der Waals surface area contributed by atoms with E-state index in [0.29, 0.717) is 23.7 Å². The third-order valence-corrected chi connectivity index (χ3v) is 5.96. The first-order valence-corrected chi connectivity index (χ1v) is 10.0. The van der Waals surface area contributed by atoms with E-state index in [1.807, 2.05) is 13.0 Å². The Balaban J connectivity index is 2.08. The van der Waals surface area contributed by atoms with Gasteiger partial charge in [-0.1, -0.05) is 6.92 Å². The van der Waals surface area contributed by atoms with Gasteiger partial charge in [0.25, 0.3) is 0 Å². The summed E-state index contributed by atoms with van der Waals surface area (Å²) in [6.45, 7) is 1.90. The third kappa shape index (κ3) is 5.42. The Morgan fingerprint density at radius 1 is 1.38 bits per heavy atom. The molecule has 0 fully saturated rings. The van der Waals surface area contributed by atoms with Crippen LogP contribution in [-0.4, -0.2) is 35.2 Å². The lowest BCUT2D eigenvalue weighted by atomic mass is 10.1. The van der Waals surface area contributed by atoms with Gasteiger partial charge in [-0.15, -0.1) is 11.3 Å². The number of hydrogen-bond acceptors (Lipinski definition) is 5. The summed E-state index contributed by atoms with van der Waals surface area (Å²) in [4.78, 5) is 28.1. The standard InChI is InChI=1S/C16H17Br2N3O4S/c1-3-9-10(4-5-13(19-9)25-2)20-16(24)21-11(15(22)23)6-8-7-12(17)26-14(8)18/h4-5,7,11H,3,6H2,1-2H3,(H,22,23)(H2,20,21,24). The van der Waals surface area contributed by atoms with Crippen LogP contribution in [-0.2, 0) is 17.6 Å². The minimum Gasteiger partial charge on any atom is -0.481 e. The zero-order valence-corrected chi connectivity index (χ0v) is 18.0. The van der Waals surface area contributed by atoms with Crippen LogP contribution in [0.2, 0.25) is 0 Å². The molecule has 2 rings (SSSR count). The van der Waals surface area contributed by atoms with Crippen LogP contribution in [0.3, 0.4) is 0 Å². The van der Waals surface area contributed by atoms with Crippen LogP contribution in [0.5, 0.6) is 5.88 Å². The molecular weight excluding hydrogens is 490 g/mol. The van der Waals surface area contributed by atoms with Gasteiger partial charge in [-0.3, -0.25) is 0 Å². The summed E-state index contributed by atoms with van der Waals surface area (Å²) in [7, 11) is 1.51. The molecule has 2 heterocycles. The second-order valence-corrected chi connectivity index (χ2v) is 8.99. The molecule has 26 heavy (non-hydrogen) atoms. The van der Waals surface area contributed by atoms with Crippen LogP contribution in [0.15, 0.2) is 25.8 Å². The normalized spacial score (nSPS) is 11.7. The van der Waals surface area contributed by atoms with Gasteiger partial charge in [-0.05, 0) is 56.0 Å². The van der Waals surface area contributed by atoms with Crippen LogP contribution in [0.25, 0.3) is 0 Å². The van der Waals surface area contributed by atoms with E-state index in [0.717, 1.165) is 13.1 Å². The molecule has 2 amide bonds. The molecule has 10 heteroatoms. The Morgan fingerprint density at radius 2 is 2.12 bits per heavy atom. The summed E-state index contributed by atoms with van der Waals surface area (Å²) in [5.41, 5.74) is 1.96. The number of nitrogens with one attached hydrogen (secondary N) is 2. The molecular formula is C16H17Br2N3O4S. The highest BCUT2D eigenvalue weighted by atomic mass is 79.9. The SMILES string of the molecule is CCc1nc(OC)ccc1NC(=O)NC(Cc1cc(Br)sc1Br)C(=O)O. The number of aromatic nitrogens is 1. The van der Waals surface area contributed by atoms with Crippen molar-refractivity contribution in [1.82, 2.24) is 10.3 Å². The lowest BCUT2D eigenvalue weighted by Gasteiger charge is -2.16. The molecule has 0 saturated heterocycles. The van der Waals surface area contributed by atoms with Crippen molar-refractivity contribution in [2.24, 2.45) is 0 Å². The number of urea groups is 1. The monoisotopic (exact) mass is 505 g/mol. The van der Waals surface area contributed by atoms with Crippen molar-refractivity contribution in [3.8, 4) is 5.88 Å². The summed E-state index contributed by atoms with van der Waals surface area (Å²) in [5.74, 6) is -0.665. The first-order valence-electron chi connectivity index (χ1n) is 7.62. The maximum Gasteiger partial charge on any atom is 0.326 e. The second kappa shape index (κ2) is 9.33. The number of nitrogens with zero attached hydrogens (tertiary/aromatic N) is 1. The Hall–Kier alpha value is -1.65. The molecule has 0 aliphatic carbocycles. The summed E-state index contributed by atoms with van der Waals surface area (Å²) < 4.78 is 6.77. The van der Waals surface area contributed by atoms with Crippen LogP contribution >= 0.6 is 43.2 Å². The molecule has 0 aromatic carbocycles. The van der Waals surface area contributed by atoms with Crippen molar-refractivity contribution in [2.75, 3.05) is 12.4 Å². The molecule has 0 bridgehead atoms. The van der Waals surface area contributed by atoms with Gasteiger partial charge < -0.3 is 20.5 Å². The number of ether oxygens (including phenoxy) is 1. The molecule has 1 atom stereocenters. The predicted molar refractivity (Wildman–Crippen MR) is 107 cm³/mol. The number of carboxylic acid groups (broad SMARTS) is 1. The summed E-state index contributed by atoms with van der Waals surface area (Å²) in [6.07, 6.45) is 0.748. The number of carbonyl (C=O) groups is 2. The molecule has 0 aliphatic rings. The Bertz CT molecular complexity index is 813. The smallest absolute Gasteiger partial charge is 0.326 e. The van der Waals surface area contributed by atoms with Gasteiger partial charge in [0.05, 0.1) is 26.1 Å². The van der Waals surface area contributed by atoms with Crippen molar-refractivity contribution < 1.29 is 19.4 Å². The van der Waals surface area contributed by atoms with Crippen molar-refractivity contribution in [3.63, 3.8) is 0 Å². The number of hydrogen-bond donors (Lipinski definition) is 3. The zero-order valence-electron chi connectivity index (χ0n) is 14.0. The van der Waals surface area contributed by atoms with Crippen LogP contribution in [0, 0.1) is 0 Å². The predicted octanol–water partition coefficient (Wildman–Crippen LogP) is 4.06.